The summed E-state index contributed by atoms with van der Waals surface area (Å²) in [4.78, 5) is 23.0. The van der Waals surface area contributed by atoms with E-state index >= 15 is 0 Å². The first-order valence-electron chi connectivity index (χ1n) is 9.14. The van der Waals surface area contributed by atoms with Crippen LogP contribution in [0.15, 0.2) is 36.4 Å². The number of phenolic OH excluding ortho intramolecular Hbond substituents is 2. The quantitative estimate of drug-likeness (QED) is 0.591. The number of hydrogen-bond donors (Lipinski definition) is 3. The lowest BCUT2D eigenvalue weighted by Crippen LogP contribution is -2.20. The number of hydrogen-bond acceptors (Lipinski definition) is 6. The normalized spacial score (nSPS) is 15.6. The molecule has 1 atom stereocenters. The first-order chi connectivity index (χ1) is 13.4. The Balaban J connectivity index is 1.66. The smallest absolute Gasteiger partial charge is 0.303 e. The second-order valence-corrected chi connectivity index (χ2v) is 6.69. The van der Waals surface area contributed by atoms with Crippen molar-refractivity contribution in [2.24, 2.45) is 0 Å². The van der Waals surface area contributed by atoms with Crippen LogP contribution in [-0.2, 0) is 4.79 Å². The van der Waals surface area contributed by atoms with E-state index in [-0.39, 0.29) is 41.4 Å². The van der Waals surface area contributed by atoms with Gasteiger partial charge in [-0.15, -0.1) is 0 Å². The van der Waals surface area contributed by atoms with Gasteiger partial charge in [-0.2, -0.15) is 0 Å². The third-order valence-corrected chi connectivity index (χ3v) is 4.54. The molecular weight excluding hydrogens is 364 g/mol. The van der Waals surface area contributed by atoms with E-state index < -0.39 is 12.1 Å². The van der Waals surface area contributed by atoms with Gasteiger partial charge in [0.2, 0.25) is 0 Å². The van der Waals surface area contributed by atoms with Crippen molar-refractivity contribution in [1.82, 2.24) is 0 Å². The van der Waals surface area contributed by atoms with Crippen LogP contribution in [0.5, 0.6) is 23.0 Å². The molecule has 0 fully saturated rings. The number of carbonyl (C=O) groups is 2. The number of carbonyl (C=O) groups excluding carboxylic acids is 1. The van der Waals surface area contributed by atoms with E-state index in [4.69, 9.17) is 14.6 Å². The van der Waals surface area contributed by atoms with Gasteiger partial charge in [-0.3, -0.25) is 9.59 Å². The number of carboxylic acids is 1. The van der Waals surface area contributed by atoms with Crippen molar-refractivity contribution >= 4 is 11.8 Å². The molecule has 148 valence electrons. The molecule has 1 unspecified atom stereocenters. The predicted octanol–water partition coefficient (Wildman–Crippen LogP) is 3.83. The van der Waals surface area contributed by atoms with Gasteiger partial charge in [-0.25, -0.2) is 0 Å². The Morgan fingerprint density at radius 3 is 2.57 bits per heavy atom. The number of fused-ring (bicyclic) bond motifs is 1. The molecule has 0 saturated carbocycles. The number of benzene rings is 2. The fourth-order valence-corrected chi connectivity index (χ4v) is 3.12. The van der Waals surface area contributed by atoms with Crippen LogP contribution >= 0.6 is 0 Å². The standard InChI is InChI=1S/C21H22O7/c22-14-7-5-13(6-8-14)18-12-17(24)21-16(23)10-15(11-19(21)28-18)27-9-3-1-2-4-20(25)26/h5-8,10-11,18,22-23H,1-4,9,12H2,(H,25,26). The maximum atomic E-state index is 12.5. The lowest BCUT2D eigenvalue weighted by Gasteiger charge is -2.26. The van der Waals surface area contributed by atoms with Crippen LogP contribution in [0.1, 0.15) is 54.1 Å². The van der Waals surface area contributed by atoms with E-state index in [1.165, 1.54) is 18.2 Å². The van der Waals surface area contributed by atoms with Gasteiger partial charge in [-0.1, -0.05) is 12.1 Å². The summed E-state index contributed by atoms with van der Waals surface area (Å²) in [7, 11) is 0. The molecule has 2 aromatic rings. The highest BCUT2D eigenvalue weighted by Gasteiger charge is 2.31. The SMILES string of the molecule is O=C(O)CCCCCOc1cc(O)c2c(c1)OC(c1ccc(O)cc1)CC2=O. The van der Waals surface area contributed by atoms with Crippen LogP contribution in [0, 0.1) is 0 Å². The first-order valence-corrected chi connectivity index (χ1v) is 9.14. The predicted molar refractivity (Wildman–Crippen MR) is 100 cm³/mol. The Hall–Kier alpha value is -3.22. The Labute approximate surface area is 162 Å². The van der Waals surface area contributed by atoms with Gasteiger partial charge in [0.25, 0.3) is 0 Å². The minimum atomic E-state index is -0.814. The monoisotopic (exact) mass is 386 g/mol. The fraction of sp³-hybridized carbons (Fsp3) is 0.333. The van der Waals surface area contributed by atoms with Gasteiger partial charge in [0.1, 0.15) is 34.7 Å². The zero-order valence-corrected chi connectivity index (χ0v) is 15.3. The molecule has 0 bridgehead atoms. The van der Waals surface area contributed by atoms with E-state index in [2.05, 4.69) is 0 Å². The molecular formula is C21H22O7. The molecule has 0 spiro atoms. The van der Waals surface area contributed by atoms with Crippen molar-refractivity contribution < 1.29 is 34.4 Å². The minimum absolute atomic E-state index is 0.0924. The number of ether oxygens (including phenoxy) is 2. The summed E-state index contributed by atoms with van der Waals surface area (Å²) in [5, 5.41) is 28.3. The Morgan fingerprint density at radius 2 is 1.86 bits per heavy atom. The van der Waals surface area contributed by atoms with Crippen molar-refractivity contribution in [3.8, 4) is 23.0 Å². The van der Waals surface area contributed by atoms with Gasteiger partial charge < -0.3 is 24.8 Å². The minimum Gasteiger partial charge on any atom is -0.508 e. The topological polar surface area (TPSA) is 113 Å². The van der Waals surface area contributed by atoms with Gasteiger partial charge in [0, 0.05) is 18.6 Å². The molecule has 3 rings (SSSR count). The second-order valence-electron chi connectivity index (χ2n) is 6.69. The number of aliphatic carboxylic acids is 1. The van der Waals surface area contributed by atoms with E-state index in [1.807, 2.05) is 0 Å². The second kappa shape index (κ2) is 8.65. The third-order valence-electron chi connectivity index (χ3n) is 4.54. The number of ketones is 1. The van der Waals surface area contributed by atoms with Crippen LogP contribution in [0.25, 0.3) is 0 Å². The van der Waals surface area contributed by atoms with Crippen LogP contribution in [0.4, 0.5) is 0 Å². The highest BCUT2D eigenvalue weighted by molar-refractivity contribution is 6.02. The van der Waals surface area contributed by atoms with E-state index in [9.17, 15) is 19.8 Å². The molecule has 0 saturated heterocycles. The molecule has 0 aromatic heterocycles. The number of Topliss-reactive ketones (excluding diaryl/α,β-unsaturated/α-hetero) is 1. The average molecular weight is 386 g/mol. The number of aromatic hydroxyl groups is 2. The number of rotatable bonds is 8. The van der Waals surface area contributed by atoms with Crippen LogP contribution in [-0.4, -0.2) is 33.7 Å². The van der Waals surface area contributed by atoms with Gasteiger partial charge in [-0.05, 0) is 37.0 Å². The van der Waals surface area contributed by atoms with E-state index in [1.54, 1.807) is 18.2 Å². The van der Waals surface area contributed by atoms with Crippen molar-refractivity contribution in [1.29, 1.82) is 0 Å². The average Bonchev–Trinajstić information content (AvgIpc) is 2.64. The highest BCUT2D eigenvalue weighted by atomic mass is 16.5. The van der Waals surface area contributed by atoms with E-state index in [0.29, 0.717) is 25.2 Å². The third kappa shape index (κ3) is 4.73. The van der Waals surface area contributed by atoms with Crippen molar-refractivity contribution in [3.05, 3.63) is 47.5 Å². The number of carboxylic acid groups (broad SMARTS) is 1. The summed E-state index contributed by atoms with van der Waals surface area (Å²) >= 11 is 0. The number of unbranched alkanes of at least 4 members (excludes halogenated alkanes) is 2. The molecule has 0 amide bonds. The van der Waals surface area contributed by atoms with Crippen LogP contribution < -0.4 is 9.47 Å². The van der Waals surface area contributed by atoms with Crippen LogP contribution in [0.2, 0.25) is 0 Å². The van der Waals surface area contributed by atoms with Crippen LogP contribution in [0.3, 0.4) is 0 Å². The highest BCUT2D eigenvalue weighted by Crippen LogP contribution is 2.42. The molecule has 28 heavy (non-hydrogen) atoms. The van der Waals surface area contributed by atoms with Crippen molar-refractivity contribution in [3.63, 3.8) is 0 Å². The Kier molecular flexibility index (Phi) is 6.03. The first kappa shape index (κ1) is 19.5. The van der Waals surface area contributed by atoms with Gasteiger partial charge >= 0.3 is 5.97 Å². The molecule has 0 radical (unpaired) electrons. The van der Waals surface area contributed by atoms with E-state index in [0.717, 1.165) is 12.0 Å². The maximum Gasteiger partial charge on any atom is 0.303 e. The molecule has 2 aromatic carbocycles. The molecule has 1 aliphatic heterocycles. The lowest BCUT2D eigenvalue weighted by atomic mass is 9.95. The molecule has 7 nitrogen and oxygen atoms in total. The summed E-state index contributed by atoms with van der Waals surface area (Å²) in [6.45, 7) is 0.368. The van der Waals surface area contributed by atoms with Gasteiger partial charge in [0.15, 0.2) is 5.78 Å². The summed E-state index contributed by atoms with van der Waals surface area (Å²) < 4.78 is 11.5. The molecule has 1 heterocycles. The largest absolute Gasteiger partial charge is 0.508 e. The molecule has 0 aliphatic carbocycles. The Bertz CT molecular complexity index is 858. The summed E-state index contributed by atoms with van der Waals surface area (Å²) in [5.41, 5.74) is 0.893. The lowest BCUT2D eigenvalue weighted by molar-refractivity contribution is -0.137. The molecule has 7 heteroatoms. The zero-order valence-electron chi connectivity index (χ0n) is 15.3. The summed E-state index contributed by atoms with van der Waals surface area (Å²) in [6, 6.07) is 9.40. The summed E-state index contributed by atoms with van der Waals surface area (Å²) in [5.74, 6) is -0.457. The molecule has 3 N–H and O–H groups in total. The number of phenols is 2. The van der Waals surface area contributed by atoms with Crippen molar-refractivity contribution in [2.75, 3.05) is 6.61 Å². The van der Waals surface area contributed by atoms with Gasteiger partial charge in [0.05, 0.1) is 13.0 Å². The fourth-order valence-electron chi connectivity index (χ4n) is 3.12. The summed E-state index contributed by atoms with van der Waals surface area (Å²) in [6.07, 6.45) is 1.71. The zero-order chi connectivity index (χ0) is 20.1. The van der Waals surface area contributed by atoms with Crippen molar-refractivity contribution in [2.45, 2.75) is 38.2 Å². The Morgan fingerprint density at radius 1 is 1.11 bits per heavy atom. The molecule has 1 aliphatic rings. The maximum absolute atomic E-state index is 12.5.